The van der Waals surface area contributed by atoms with Crippen LogP contribution in [-0.4, -0.2) is 12.8 Å². The average molecular weight is 322 g/mol. The molecule has 0 spiro atoms. The lowest BCUT2D eigenvalue weighted by molar-refractivity contribution is 0.101. The summed E-state index contributed by atoms with van der Waals surface area (Å²) in [7, 11) is 1.85. The van der Waals surface area contributed by atoms with Crippen LogP contribution in [0.15, 0.2) is 46.9 Å². The maximum Gasteiger partial charge on any atom is 0.160 e. The fraction of sp³-hybridized carbons (Fsp3) is 0.133. The summed E-state index contributed by atoms with van der Waals surface area (Å²) in [4.78, 5) is 13.2. The number of carbonyl (C=O) groups is 1. The standard InChI is InChI=1S/C15H13BrFNO/c1-10(19)14-7-6-13(9-15(14)16)18(2)12-5-3-4-11(17)8-12/h3-9H,1-2H3. The Balaban J connectivity index is 2.37. The zero-order valence-electron chi connectivity index (χ0n) is 10.7. The second-order valence-electron chi connectivity index (χ2n) is 4.26. The number of benzene rings is 2. The van der Waals surface area contributed by atoms with Crippen LogP contribution in [0.2, 0.25) is 0 Å². The van der Waals surface area contributed by atoms with E-state index in [1.54, 1.807) is 12.1 Å². The third-order valence-electron chi connectivity index (χ3n) is 2.91. The quantitative estimate of drug-likeness (QED) is 0.772. The second-order valence-corrected chi connectivity index (χ2v) is 5.11. The minimum Gasteiger partial charge on any atom is -0.345 e. The molecule has 0 bridgehead atoms. The summed E-state index contributed by atoms with van der Waals surface area (Å²) < 4.78 is 13.9. The Morgan fingerprint density at radius 2 is 1.84 bits per heavy atom. The van der Waals surface area contributed by atoms with Crippen LogP contribution < -0.4 is 4.90 Å². The summed E-state index contributed by atoms with van der Waals surface area (Å²) in [5.74, 6) is -0.268. The van der Waals surface area contributed by atoms with Crippen LogP contribution in [0.25, 0.3) is 0 Å². The predicted octanol–water partition coefficient (Wildman–Crippen LogP) is 4.56. The van der Waals surface area contributed by atoms with Gasteiger partial charge >= 0.3 is 0 Å². The van der Waals surface area contributed by atoms with Crippen LogP contribution in [0.4, 0.5) is 15.8 Å². The van der Waals surface area contributed by atoms with Crippen molar-refractivity contribution in [1.29, 1.82) is 0 Å². The smallest absolute Gasteiger partial charge is 0.160 e. The van der Waals surface area contributed by atoms with Gasteiger partial charge in [0.2, 0.25) is 0 Å². The molecule has 0 unspecified atom stereocenters. The lowest BCUT2D eigenvalue weighted by Crippen LogP contribution is -2.10. The summed E-state index contributed by atoms with van der Waals surface area (Å²) in [5.41, 5.74) is 2.27. The number of ketones is 1. The highest BCUT2D eigenvalue weighted by Crippen LogP contribution is 2.28. The summed E-state index contributed by atoms with van der Waals surface area (Å²) in [5, 5.41) is 0. The SMILES string of the molecule is CC(=O)c1ccc(N(C)c2cccc(F)c2)cc1Br. The molecule has 4 heteroatoms. The Morgan fingerprint density at radius 3 is 2.42 bits per heavy atom. The minimum atomic E-state index is -0.274. The topological polar surface area (TPSA) is 20.3 Å². The number of Topliss-reactive ketones (excluding diaryl/α,β-unsaturated/α-hetero) is 1. The lowest BCUT2D eigenvalue weighted by atomic mass is 10.1. The molecule has 0 aliphatic heterocycles. The van der Waals surface area contributed by atoms with E-state index in [0.717, 1.165) is 15.8 Å². The minimum absolute atomic E-state index is 0.00633. The van der Waals surface area contributed by atoms with E-state index in [9.17, 15) is 9.18 Å². The summed E-state index contributed by atoms with van der Waals surface area (Å²) >= 11 is 3.38. The van der Waals surface area contributed by atoms with E-state index in [4.69, 9.17) is 0 Å². The van der Waals surface area contributed by atoms with Crippen molar-refractivity contribution in [1.82, 2.24) is 0 Å². The first-order chi connectivity index (χ1) is 8.99. The number of rotatable bonds is 3. The van der Waals surface area contributed by atoms with Crippen molar-refractivity contribution in [3.05, 3.63) is 58.3 Å². The number of hydrogen-bond acceptors (Lipinski definition) is 2. The molecule has 0 fully saturated rings. The fourth-order valence-corrected chi connectivity index (χ4v) is 2.48. The summed E-state index contributed by atoms with van der Waals surface area (Å²) in [6.45, 7) is 1.52. The molecule has 0 heterocycles. The van der Waals surface area contributed by atoms with Gasteiger partial charge in [-0.15, -0.1) is 0 Å². The van der Waals surface area contributed by atoms with Crippen molar-refractivity contribution in [3.63, 3.8) is 0 Å². The molecule has 2 rings (SSSR count). The van der Waals surface area contributed by atoms with E-state index in [1.165, 1.54) is 19.1 Å². The molecule has 2 nitrogen and oxygen atoms in total. The third-order valence-corrected chi connectivity index (χ3v) is 3.57. The molecule has 0 N–H and O–H groups in total. The second kappa shape index (κ2) is 5.53. The van der Waals surface area contributed by atoms with Gasteiger partial charge in [-0.1, -0.05) is 6.07 Å². The first-order valence-electron chi connectivity index (χ1n) is 5.79. The molecule has 2 aromatic rings. The fourth-order valence-electron chi connectivity index (χ4n) is 1.83. The van der Waals surface area contributed by atoms with E-state index < -0.39 is 0 Å². The summed E-state index contributed by atoms with van der Waals surface area (Å²) in [6.07, 6.45) is 0. The Labute approximate surface area is 120 Å². The number of nitrogens with zero attached hydrogens (tertiary/aromatic N) is 1. The highest BCUT2D eigenvalue weighted by Gasteiger charge is 2.09. The zero-order valence-corrected chi connectivity index (χ0v) is 12.2. The molecule has 0 radical (unpaired) electrons. The van der Waals surface area contributed by atoms with Crippen molar-refractivity contribution >= 4 is 33.1 Å². The molecule has 19 heavy (non-hydrogen) atoms. The Hall–Kier alpha value is -1.68. The van der Waals surface area contributed by atoms with Gasteiger partial charge in [-0.3, -0.25) is 4.79 Å². The van der Waals surface area contributed by atoms with E-state index in [-0.39, 0.29) is 11.6 Å². The molecule has 0 aliphatic rings. The van der Waals surface area contributed by atoms with Gasteiger partial charge in [-0.25, -0.2) is 4.39 Å². The van der Waals surface area contributed by atoms with Gasteiger partial charge in [-0.05, 0) is 59.3 Å². The normalized spacial score (nSPS) is 10.3. The van der Waals surface area contributed by atoms with Crippen molar-refractivity contribution in [2.75, 3.05) is 11.9 Å². The first kappa shape index (κ1) is 13.7. The molecule has 0 amide bonds. The number of hydrogen-bond donors (Lipinski definition) is 0. The third kappa shape index (κ3) is 3.01. The maximum atomic E-state index is 13.2. The summed E-state index contributed by atoms with van der Waals surface area (Å²) in [6, 6.07) is 11.8. The van der Waals surface area contributed by atoms with Crippen molar-refractivity contribution in [2.24, 2.45) is 0 Å². The van der Waals surface area contributed by atoms with Gasteiger partial charge in [0, 0.05) is 28.5 Å². The highest BCUT2D eigenvalue weighted by molar-refractivity contribution is 9.10. The molecule has 0 atom stereocenters. The molecule has 0 saturated carbocycles. The predicted molar refractivity (Wildman–Crippen MR) is 78.6 cm³/mol. The van der Waals surface area contributed by atoms with Gasteiger partial charge < -0.3 is 4.90 Å². The van der Waals surface area contributed by atoms with E-state index in [0.29, 0.717) is 5.56 Å². The van der Waals surface area contributed by atoms with Gasteiger partial charge in [0.1, 0.15) is 5.82 Å². The van der Waals surface area contributed by atoms with Crippen LogP contribution in [-0.2, 0) is 0 Å². The Kier molecular flexibility index (Phi) is 4.00. The van der Waals surface area contributed by atoms with Crippen LogP contribution >= 0.6 is 15.9 Å². The van der Waals surface area contributed by atoms with E-state index >= 15 is 0 Å². The van der Waals surface area contributed by atoms with Crippen LogP contribution in [0.3, 0.4) is 0 Å². The number of anilines is 2. The van der Waals surface area contributed by atoms with Crippen molar-refractivity contribution in [2.45, 2.75) is 6.92 Å². The first-order valence-corrected chi connectivity index (χ1v) is 6.58. The molecular formula is C15H13BrFNO. The van der Waals surface area contributed by atoms with Crippen molar-refractivity contribution in [3.8, 4) is 0 Å². The van der Waals surface area contributed by atoms with Gasteiger partial charge in [0.05, 0.1) is 0 Å². The molecule has 98 valence electrons. The molecule has 0 saturated heterocycles. The molecule has 2 aromatic carbocycles. The maximum absolute atomic E-state index is 13.2. The molecule has 0 aromatic heterocycles. The van der Waals surface area contributed by atoms with E-state index in [2.05, 4.69) is 15.9 Å². The number of halogens is 2. The molecule has 0 aliphatic carbocycles. The van der Waals surface area contributed by atoms with E-state index in [1.807, 2.05) is 30.1 Å². The zero-order chi connectivity index (χ0) is 14.0. The Bertz CT molecular complexity index is 627. The lowest BCUT2D eigenvalue weighted by Gasteiger charge is -2.20. The number of carbonyl (C=O) groups excluding carboxylic acids is 1. The largest absolute Gasteiger partial charge is 0.345 e. The Morgan fingerprint density at radius 1 is 1.16 bits per heavy atom. The van der Waals surface area contributed by atoms with Gasteiger partial charge in [0.25, 0.3) is 0 Å². The van der Waals surface area contributed by atoms with Crippen LogP contribution in [0, 0.1) is 5.82 Å². The van der Waals surface area contributed by atoms with Crippen LogP contribution in [0.5, 0.6) is 0 Å². The van der Waals surface area contributed by atoms with Gasteiger partial charge in [-0.2, -0.15) is 0 Å². The van der Waals surface area contributed by atoms with Crippen LogP contribution in [0.1, 0.15) is 17.3 Å². The highest BCUT2D eigenvalue weighted by atomic mass is 79.9. The van der Waals surface area contributed by atoms with Crippen molar-refractivity contribution < 1.29 is 9.18 Å². The molecular weight excluding hydrogens is 309 g/mol. The monoisotopic (exact) mass is 321 g/mol. The van der Waals surface area contributed by atoms with Gasteiger partial charge in [0.15, 0.2) is 5.78 Å². The average Bonchev–Trinajstić information content (AvgIpc) is 2.37.